The number of aryl methyl sites for hydroxylation is 1. The maximum Gasteiger partial charge on any atom is 0.246 e. The Kier molecular flexibility index (Phi) is 4.85. The molecule has 1 aliphatic heterocycles. The van der Waals surface area contributed by atoms with Crippen molar-refractivity contribution in [3.63, 3.8) is 0 Å². The summed E-state index contributed by atoms with van der Waals surface area (Å²) in [7, 11) is 0. The maximum atomic E-state index is 12.6. The van der Waals surface area contributed by atoms with Crippen molar-refractivity contribution >= 4 is 33.5 Å². The van der Waals surface area contributed by atoms with Gasteiger partial charge in [-0.15, -0.1) is 11.3 Å². The van der Waals surface area contributed by atoms with Crippen LogP contribution in [0.2, 0.25) is 0 Å². The summed E-state index contributed by atoms with van der Waals surface area (Å²) >= 11 is 1.76. The van der Waals surface area contributed by atoms with Crippen molar-refractivity contribution in [2.24, 2.45) is 0 Å². The average molecular weight is 362 g/mol. The van der Waals surface area contributed by atoms with Crippen molar-refractivity contribution in [1.82, 2.24) is 9.88 Å². The van der Waals surface area contributed by atoms with Gasteiger partial charge in [0.2, 0.25) is 5.91 Å². The molecule has 2 aromatic carbocycles. The molecule has 1 aromatic heterocycles. The van der Waals surface area contributed by atoms with E-state index in [2.05, 4.69) is 37.3 Å². The Labute approximate surface area is 158 Å². The van der Waals surface area contributed by atoms with E-state index in [1.165, 1.54) is 10.3 Å². The van der Waals surface area contributed by atoms with Gasteiger partial charge in [0.1, 0.15) is 0 Å². The van der Waals surface area contributed by atoms with Gasteiger partial charge in [-0.05, 0) is 43.5 Å². The molecule has 4 rings (SSSR count). The number of amides is 1. The van der Waals surface area contributed by atoms with Gasteiger partial charge in [-0.1, -0.05) is 42.0 Å². The summed E-state index contributed by atoms with van der Waals surface area (Å²) in [5.41, 5.74) is 3.34. The van der Waals surface area contributed by atoms with Gasteiger partial charge in [0.05, 0.1) is 15.2 Å². The van der Waals surface area contributed by atoms with Crippen molar-refractivity contribution in [1.29, 1.82) is 0 Å². The first-order chi connectivity index (χ1) is 12.7. The van der Waals surface area contributed by atoms with Crippen LogP contribution in [0, 0.1) is 6.92 Å². The molecule has 1 saturated heterocycles. The number of nitrogens with zero attached hydrogens (tertiary/aromatic N) is 2. The zero-order chi connectivity index (χ0) is 17.9. The third kappa shape index (κ3) is 3.70. The van der Waals surface area contributed by atoms with E-state index in [9.17, 15) is 4.79 Å². The van der Waals surface area contributed by atoms with E-state index < -0.39 is 0 Å². The Morgan fingerprint density at radius 2 is 2.12 bits per heavy atom. The summed E-state index contributed by atoms with van der Waals surface area (Å²) in [5, 5.41) is 1.16. The molecule has 132 valence electrons. The third-order valence-electron chi connectivity index (χ3n) is 4.85. The quantitative estimate of drug-likeness (QED) is 0.613. The Morgan fingerprint density at radius 1 is 1.23 bits per heavy atom. The number of thiazole rings is 1. The van der Waals surface area contributed by atoms with Crippen LogP contribution >= 0.6 is 11.3 Å². The average Bonchev–Trinajstić information content (AvgIpc) is 3.10. The monoisotopic (exact) mass is 362 g/mol. The number of benzene rings is 2. The molecule has 0 N–H and O–H groups in total. The highest BCUT2D eigenvalue weighted by Crippen LogP contribution is 2.33. The Morgan fingerprint density at radius 3 is 2.96 bits per heavy atom. The molecule has 3 aromatic rings. The molecule has 1 fully saturated rings. The third-order valence-corrected chi connectivity index (χ3v) is 6.05. The lowest BCUT2D eigenvalue weighted by molar-refractivity contribution is -0.127. The summed E-state index contributed by atoms with van der Waals surface area (Å²) in [6, 6.07) is 16.4. The maximum absolute atomic E-state index is 12.6. The van der Waals surface area contributed by atoms with E-state index in [4.69, 9.17) is 4.98 Å². The molecule has 0 aliphatic carbocycles. The highest BCUT2D eigenvalue weighted by Gasteiger charge is 2.25. The lowest BCUT2D eigenvalue weighted by atomic mass is 9.98. The second-order valence-corrected chi connectivity index (χ2v) is 7.95. The first-order valence-electron chi connectivity index (χ1n) is 9.08. The molecule has 0 bridgehead atoms. The highest BCUT2D eigenvalue weighted by atomic mass is 32.1. The van der Waals surface area contributed by atoms with Gasteiger partial charge in [-0.25, -0.2) is 4.98 Å². The van der Waals surface area contributed by atoms with Crippen molar-refractivity contribution in [3.05, 3.63) is 70.7 Å². The van der Waals surface area contributed by atoms with E-state index >= 15 is 0 Å². The molecule has 26 heavy (non-hydrogen) atoms. The van der Waals surface area contributed by atoms with Crippen LogP contribution in [0.5, 0.6) is 0 Å². The van der Waals surface area contributed by atoms with Crippen LogP contribution in [0.15, 0.2) is 54.6 Å². The fourth-order valence-electron chi connectivity index (χ4n) is 3.49. The van der Waals surface area contributed by atoms with E-state index in [-0.39, 0.29) is 5.91 Å². The molecule has 1 atom stereocenters. The molecule has 0 saturated carbocycles. The largest absolute Gasteiger partial charge is 0.338 e. The van der Waals surface area contributed by atoms with Crippen LogP contribution in [0.1, 0.15) is 34.9 Å². The summed E-state index contributed by atoms with van der Waals surface area (Å²) in [5.74, 6) is 0.440. The van der Waals surface area contributed by atoms with Crippen molar-refractivity contribution < 1.29 is 4.79 Å². The number of piperidine rings is 1. The van der Waals surface area contributed by atoms with Gasteiger partial charge in [0.15, 0.2) is 0 Å². The minimum absolute atomic E-state index is 0.0947. The van der Waals surface area contributed by atoms with Crippen molar-refractivity contribution in [2.75, 3.05) is 13.1 Å². The highest BCUT2D eigenvalue weighted by molar-refractivity contribution is 7.18. The number of fused-ring (bicyclic) bond motifs is 1. The van der Waals surface area contributed by atoms with Gasteiger partial charge in [0, 0.05) is 25.1 Å². The van der Waals surface area contributed by atoms with Crippen molar-refractivity contribution in [2.45, 2.75) is 25.7 Å². The van der Waals surface area contributed by atoms with Gasteiger partial charge in [0.25, 0.3) is 0 Å². The van der Waals surface area contributed by atoms with Gasteiger partial charge >= 0.3 is 0 Å². The van der Waals surface area contributed by atoms with Crippen LogP contribution in [-0.4, -0.2) is 28.9 Å². The Balaban J connectivity index is 1.46. The molecule has 1 amide bonds. The molecule has 0 spiro atoms. The first-order valence-corrected chi connectivity index (χ1v) is 9.90. The predicted molar refractivity (Wildman–Crippen MR) is 108 cm³/mol. The SMILES string of the molecule is Cc1cccc(/C=C/C(=O)N2CCC[C@H](c3nc4ccccc4s3)C2)c1. The van der Waals surface area contributed by atoms with E-state index in [0.717, 1.165) is 42.0 Å². The number of aromatic nitrogens is 1. The second kappa shape index (κ2) is 7.42. The second-order valence-electron chi connectivity index (χ2n) is 6.89. The number of carbonyl (C=O) groups excluding carboxylic acids is 1. The summed E-state index contributed by atoms with van der Waals surface area (Å²) < 4.78 is 1.23. The van der Waals surface area contributed by atoms with Crippen LogP contribution in [0.25, 0.3) is 16.3 Å². The zero-order valence-corrected chi connectivity index (χ0v) is 15.7. The van der Waals surface area contributed by atoms with Crippen LogP contribution < -0.4 is 0 Å². The fraction of sp³-hybridized carbons (Fsp3) is 0.273. The molecule has 0 radical (unpaired) electrons. The predicted octanol–water partition coefficient (Wildman–Crippen LogP) is 5.02. The number of hydrogen-bond acceptors (Lipinski definition) is 3. The van der Waals surface area contributed by atoms with Gasteiger partial charge in [-0.3, -0.25) is 4.79 Å². The van der Waals surface area contributed by atoms with E-state index in [1.54, 1.807) is 17.4 Å². The summed E-state index contributed by atoms with van der Waals surface area (Å²) in [6.07, 6.45) is 5.75. The van der Waals surface area contributed by atoms with Crippen LogP contribution in [0.3, 0.4) is 0 Å². The van der Waals surface area contributed by atoms with E-state index in [0.29, 0.717) is 5.92 Å². The summed E-state index contributed by atoms with van der Waals surface area (Å²) in [6.45, 7) is 3.65. The molecular weight excluding hydrogens is 340 g/mol. The molecule has 3 nitrogen and oxygen atoms in total. The smallest absolute Gasteiger partial charge is 0.246 e. The minimum Gasteiger partial charge on any atom is -0.338 e. The van der Waals surface area contributed by atoms with Gasteiger partial charge < -0.3 is 4.90 Å². The fourth-order valence-corrected chi connectivity index (χ4v) is 4.58. The standard InChI is InChI=1S/C22H22N2OS/c1-16-6-4-7-17(14-16)11-12-21(25)24-13-5-8-18(15-24)22-23-19-9-2-3-10-20(19)26-22/h2-4,6-7,9-12,14,18H,5,8,13,15H2,1H3/b12-11+/t18-/m0/s1. The van der Waals surface area contributed by atoms with Crippen molar-refractivity contribution in [3.8, 4) is 0 Å². The lowest BCUT2D eigenvalue weighted by Gasteiger charge is -2.31. The number of likely N-dealkylation sites (tertiary alicyclic amines) is 1. The molecule has 2 heterocycles. The topological polar surface area (TPSA) is 33.2 Å². The molecule has 4 heteroatoms. The normalized spacial score (nSPS) is 17.9. The minimum atomic E-state index is 0.0947. The Hall–Kier alpha value is -2.46. The number of para-hydroxylation sites is 1. The first kappa shape index (κ1) is 17.0. The number of carbonyl (C=O) groups is 1. The zero-order valence-electron chi connectivity index (χ0n) is 14.9. The lowest BCUT2D eigenvalue weighted by Crippen LogP contribution is -2.38. The number of rotatable bonds is 3. The molecule has 0 unspecified atom stereocenters. The van der Waals surface area contributed by atoms with Crippen LogP contribution in [0.4, 0.5) is 0 Å². The van der Waals surface area contributed by atoms with Crippen LogP contribution in [-0.2, 0) is 4.79 Å². The van der Waals surface area contributed by atoms with E-state index in [1.807, 2.05) is 29.2 Å². The number of hydrogen-bond donors (Lipinski definition) is 0. The molecular formula is C22H22N2OS. The Bertz CT molecular complexity index is 926. The van der Waals surface area contributed by atoms with Gasteiger partial charge in [-0.2, -0.15) is 0 Å². The molecule has 1 aliphatic rings. The summed E-state index contributed by atoms with van der Waals surface area (Å²) in [4.78, 5) is 19.4.